The monoisotopic (exact) mass is 332 g/mol. The summed E-state index contributed by atoms with van der Waals surface area (Å²) in [4.78, 5) is 24.1. The lowest BCUT2D eigenvalue weighted by atomic mass is 10.1. The normalized spacial score (nSPS) is 17.3. The molecule has 1 amide bonds. The molecule has 1 N–H and O–H groups in total. The number of amides is 1. The van der Waals surface area contributed by atoms with Gasteiger partial charge in [0.2, 0.25) is 5.91 Å². The molecule has 1 aliphatic heterocycles. The molecule has 0 spiro atoms. The Labute approximate surface area is 137 Å². The molecule has 7 heteroatoms. The lowest BCUT2D eigenvalue weighted by molar-refractivity contribution is -0.137. The van der Waals surface area contributed by atoms with Gasteiger partial charge in [-0.1, -0.05) is 6.07 Å². The molecule has 1 aliphatic rings. The Kier molecular flexibility index (Phi) is 4.57. The molecule has 3 heterocycles. The zero-order valence-electron chi connectivity index (χ0n) is 12.3. The molecule has 3 rings (SSSR count). The maximum Gasteiger partial charge on any atom is 0.303 e. The van der Waals surface area contributed by atoms with Crippen molar-refractivity contribution in [1.29, 1.82) is 0 Å². The molecule has 2 aromatic heterocycles. The Bertz CT molecular complexity index is 707. The van der Waals surface area contributed by atoms with Crippen molar-refractivity contribution in [3.63, 3.8) is 0 Å². The summed E-state index contributed by atoms with van der Waals surface area (Å²) in [5, 5.41) is 16.6. The van der Waals surface area contributed by atoms with Crippen LogP contribution in [-0.2, 0) is 9.59 Å². The fourth-order valence-electron chi connectivity index (χ4n) is 2.54. The first kappa shape index (κ1) is 15.5. The molecular weight excluding hydrogens is 316 g/mol. The van der Waals surface area contributed by atoms with Crippen LogP contribution < -0.4 is 0 Å². The Morgan fingerprint density at radius 1 is 1.35 bits per heavy atom. The summed E-state index contributed by atoms with van der Waals surface area (Å²) in [6.45, 7) is 0. The number of hydrazone groups is 1. The lowest BCUT2D eigenvalue weighted by Gasteiger charge is -2.19. The van der Waals surface area contributed by atoms with Crippen LogP contribution in [-0.4, -0.2) is 27.7 Å². The van der Waals surface area contributed by atoms with Gasteiger partial charge in [0.05, 0.1) is 16.9 Å². The van der Waals surface area contributed by atoms with Gasteiger partial charge in [-0.25, -0.2) is 5.01 Å². The minimum absolute atomic E-state index is 0.0213. The number of carbonyl (C=O) groups is 2. The quantitative estimate of drug-likeness (QED) is 0.880. The van der Waals surface area contributed by atoms with Crippen molar-refractivity contribution in [3.8, 4) is 0 Å². The highest BCUT2D eigenvalue weighted by molar-refractivity contribution is 7.12. The van der Waals surface area contributed by atoms with E-state index in [1.165, 1.54) is 5.01 Å². The van der Waals surface area contributed by atoms with Crippen molar-refractivity contribution < 1.29 is 19.1 Å². The lowest BCUT2D eigenvalue weighted by Crippen LogP contribution is -2.26. The first-order valence-corrected chi connectivity index (χ1v) is 8.21. The van der Waals surface area contributed by atoms with Gasteiger partial charge < -0.3 is 9.52 Å². The molecular formula is C16H16N2O4S. The molecule has 0 saturated heterocycles. The average molecular weight is 332 g/mol. The number of carboxylic acids is 1. The Balaban J connectivity index is 1.77. The number of furan rings is 1. The first-order chi connectivity index (χ1) is 11.1. The summed E-state index contributed by atoms with van der Waals surface area (Å²) < 4.78 is 5.45. The number of carbonyl (C=O) groups excluding carboxylic acids is 1. The molecule has 1 atom stereocenters. The van der Waals surface area contributed by atoms with Crippen molar-refractivity contribution in [2.45, 2.75) is 31.7 Å². The SMILES string of the molecule is O=C(O)CCCC(=O)N1N=C(c2cccs2)C[C@H]1c1ccco1. The largest absolute Gasteiger partial charge is 0.481 e. The zero-order valence-corrected chi connectivity index (χ0v) is 13.2. The predicted molar refractivity (Wildman–Crippen MR) is 85.3 cm³/mol. The van der Waals surface area contributed by atoms with Crippen LogP contribution in [0.5, 0.6) is 0 Å². The first-order valence-electron chi connectivity index (χ1n) is 7.34. The van der Waals surface area contributed by atoms with Gasteiger partial charge in [0.1, 0.15) is 11.8 Å². The molecule has 0 radical (unpaired) electrons. The molecule has 2 aromatic rings. The molecule has 0 saturated carbocycles. The van der Waals surface area contributed by atoms with Crippen LogP contribution in [0.4, 0.5) is 0 Å². The fraction of sp³-hybridized carbons (Fsp3) is 0.312. The Morgan fingerprint density at radius 3 is 2.87 bits per heavy atom. The summed E-state index contributed by atoms with van der Waals surface area (Å²) in [7, 11) is 0. The van der Waals surface area contributed by atoms with Crippen molar-refractivity contribution >= 4 is 28.9 Å². The topological polar surface area (TPSA) is 83.1 Å². The van der Waals surface area contributed by atoms with E-state index in [0.717, 1.165) is 10.6 Å². The molecule has 0 aliphatic carbocycles. The maximum absolute atomic E-state index is 12.4. The number of rotatable bonds is 6. The van der Waals surface area contributed by atoms with Crippen LogP contribution >= 0.6 is 11.3 Å². The van der Waals surface area contributed by atoms with E-state index in [9.17, 15) is 9.59 Å². The standard InChI is InChI=1S/C16H16N2O4S/c19-15(6-1-7-16(20)21)18-12(13-4-2-8-22-13)10-11(17-18)14-5-3-9-23-14/h2-5,8-9,12H,1,6-7,10H2,(H,20,21)/t12-/m0/s1. The second-order valence-corrected chi connectivity index (χ2v) is 6.19. The van der Waals surface area contributed by atoms with E-state index in [1.807, 2.05) is 23.6 Å². The van der Waals surface area contributed by atoms with E-state index in [1.54, 1.807) is 23.7 Å². The summed E-state index contributed by atoms with van der Waals surface area (Å²) in [5.41, 5.74) is 0.855. The van der Waals surface area contributed by atoms with Crippen molar-refractivity contribution in [1.82, 2.24) is 5.01 Å². The van der Waals surface area contributed by atoms with Crippen molar-refractivity contribution in [2.75, 3.05) is 0 Å². The molecule has 0 fully saturated rings. The summed E-state index contributed by atoms with van der Waals surface area (Å²) in [5.74, 6) is -0.393. The van der Waals surface area contributed by atoms with Gasteiger partial charge in [0.15, 0.2) is 0 Å². The van der Waals surface area contributed by atoms with Gasteiger partial charge in [-0.05, 0) is 30.0 Å². The third-order valence-corrected chi connectivity index (χ3v) is 4.54. The number of aliphatic carboxylic acids is 1. The van der Waals surface area contributed by atoms with Crippen LogP contribution in [0.2, 0.25) is 0 Å². The maximum atomic E-state index is 12.4. The molecule has 23 heavy (non-hydrogen) atoms. The Morgan fingerprint density at radius 2 is 2.22 bits per heavy atom. The van der Waals surface area contributed by atoms with E-state index in [0.29, 0.717) is 18.6 Å². The van der Waals surface area contributed by atoms with E-state index >= 15 is 0 Å². The highest BCUT2D eigenvalue weighted by Gasteiger charge is 2.34. The van der Waals surface area contributed by atoms with E-state index in [4.69, 9.17) is 9.52 Å². The Hall–Kier alpha value is -2.41. The average Bonchev–Trinajstić information content (AvgIpc) is 3.26. The highest BCUT2D eigenvalue weighted by atomic mass is 32.1. The van der Waals surface area contributed by atoms with Crippen LogP contribution in [0, 0.1) is 0 Å². The van der Waals surface area contributed by atoms with Gasteiger partial charge >= 0.3 is 5.97 Å². The number of nitrogens with zero attached hydrogens (tertiary/aromatic N) is 2. The number of carboxylic acid groups (broad SMARTS) is 1. The molecule has 0 unspecified atom stereocenters. The second kappa shape index (κ2) is 6.78. The van der Waals surface area contributed by atoms with Gasteiger partial charge in [-0.15, -0.1) is 11.3 Å². The molecule has 0 bridgehead atoms. The van der Waals surface area contributed by atoms with Gasteiger partial charge in [0.25, 0.3) is 0 Å². The van der Waals surface area contributed by atoms with E-state index < -0.39 is 5.97 Å². The number of thiophene rings is 1. The number of hydrogen-bond donors (Lipinski definition) is 1. The molecule has 120 valence electrons. The summed E-state index contributed by atoms with van der Waals surface area (Å²) >= 11 is 1.58. The van der Waals surface area contributed by atoms with Crippen LogP contribution in [0.3, 0.4) is 0 Å². The fourth-order valence-corrected chi connectivity index (χ4v) is 3.26. The second-order valence-electron chi connectivity index (χ2n) is 5.24. The molecule has 6 nitrogen and oxygen atoms in total. The van der Waals surface area contributed by atoms with E-state index in [2.05, 4.69) is 5.10 Å². The van der Waals surface area contributed by atoms with Crippen LogP contribution in [0.25, 0.3) is 0 Å². The van der Waals surface area contributed by atoms with Crippen LogP contribution in [0.1, 0.15) is 42.4 Å². The minimum Gasteiger partial charge on any atom is -0.481 e. The summed E-state index contributed by atoms with van der Waals surface area (Å²) in [6.07, 6.45) is 2.61. The van der Waals surface area contributed by atoms with Gasteiger partial charge in [-0.3, -0.25) is 9.59 Å². The predicted octanol–water partition coefficient (Wildman–Crippen LogP) is 3.27. The van der Waals surface area contributed by atoms with Gasteiger partial charge in [0, 0.05) is 19.3 Å². The van der Waals surface area contributed by atoms with E-state index in [-0.39, 0.29) is 24.8 Å². The van der Waals surface area contributed by atoms with Crippen molar-refractivity contribution in [2.24, 2.45) is 5.10 Å². The zero-order chi connectivity index (χ0) is 16.2. The van der Waals surface area contributed by atoms with Crippen LogP contribution in [0.15, 0.2) is 45.4 Å². The highest BCUT2D eigenvalue weighted by Crippen LogP contribution is 2.34. The number of hydrogen-bond acceptors (Lipinski definition) is 5. The third kappa shape index (κ3) is 3.50. The van der Waals surface area contributed by atoms with Crippen molar-refractivity contribution in [3.05, 3.63) is 46.5 Å². The molecule has 0 aromatic carbocycles. The summed E-state index contributed by atoms with van der Waals surface area (Å²) in [6, 6.07) is 7.27. The third-order valence-electron chi connectivity index (χ3n) is 3.62. The minimum atomic E-state index is -0.899. The van der Waals surface area contributed by atoms with Gasteiger partial charge in [-0.2, -0.15) is 5.10 Å². The smallest absolute Gasteiger partial charge is 0.303 e.